The van der Waals surface area contributed by atoms with Gasteiger partial charge in [0, 0.05) is 4.90 Å². The fraction of sp³-hybridized carbons (Fsp3) is 0.188. The van der Waals surface area contributed by atoms with Gasteiger partial charge in [0.15, 0.2) is 0 Å². The molecule has 0 radical (unpaired) electrons. The average Bonchev–Trinajstić information content (AvgIpc) is 2.49. The second-order valence-corrected chi connectivity index (χ2v) is 5.82. The zero-order chi connectivity index (χ0) is 13.8. The van der Waals surface area contributed by atoms with Crippen LogP contribution in [0.2, 0.25) is 0 Å². The van der Waals surface area contributed by atoms with Gasteiger partial charge in [-0.15, -0.1) is 0 Å². The molecule has 1 amide bonds. The average molecular weight is 285 g/mol. The van der Waals surface area contributed by atoms with Crippen molar-refractivity contribution in [1.29, 1.82) is 0 Å². The molecule has 0 aliphatic carbocycles. The van der Waals surface area contributed by atoms with E-state index in [4.69, 9.17) is 4.84 Å². The summed E-state index contributed by atoms with van der Waals surface area (Å²) in [6.07, 6.45) is 0.536. The summed E-state index contributed by atoms with van der Waals surface area (Å²) < 4.78 is 0. The van der Waals surface area contributed by atoms with Gasteiger partial charge in [-0.25, -0.2) is 5.06 Å². The van der Waals surface area contributed by atoms with E-state index in [1.165, 1.54) is 5.06 Å². The first-order chi connectivity index (χ1) is 9.83. The Kier molecular flexibility index (Phi) is 4.04. The number of benzene rings is 2. The summed E-state index contributed by atoms with van der Waals surface area (Å²) in [7, 11) is 0. The monoisotopic (exact) mass is 285 g/mol. The molecular weight excluding hydrogens is 270 g/mol. The van der Waals surface area contributed by atoms with E-state index in [0.717, 1.165) is 10.5 Å². The number of rotatable bonds is 5. The predicted octanol–water partition coefficient (Wildman–Crippen LogP) is 3.47. The highest BCUT2D eigenvalue weighted by molar-refractivity contribution is 8.00. The highest BCUT2D eigenvalue weighted by atomic mass is 32.2. The van der Waals surface area contributed by atoms with E-state index >= 15 is 0 Å². The Morgan fingerprint density at radius 2 is 1.70 bits per heavy atom. The van der Waals surface area contributed by atoms with Crippen molar-refractivity contribution in [2.24, 2.45) is 0 Å². The van der Waals surface area contributed by atoms with E-state index in [2.05, 4.69) is 0 Å². The summed E-state index contributed by atoms with van der Waals surface area (Å²) >= 11 is 1.66. The maximum absolute atomic E-state index is 11.6. The molecule has 1 heterocycles. The first-order valence-corrected chi connectivity index (χ1v) is 7.41. The molecule has 20 heavy (non-hydrogen) atoms. The standard InChI is InChI=1S/C16H15NO2S/c18-15-11-16(20-14-9-5-2-6-10-14)17(15)19-12-13-7-3-1-4-8-13/h1-10,16H,11-12H2. The molecule has 1 atom stereocenters. The molecule has 1 fully saturated rings. The number of carbonyl (C=O) groups excluding carboxylic acids is 1. The lowest BCUT2D eigenvalue weighted by atomic mass is 10.2. The molecule has 4 heteroatoms. The molecule has 1 aliphatic heterocycles. The first-order valence-electron chi connectivity index (χ1n) is 6.53. The van der Waals surface area contributed by atoms with E-state index in [0.29, 0.717) is 13.0 Å². The molecule has 3 nitrogen and oxygen atoms in total. The number of hydrogen-bond acceptors (Lipinski definition) is 3. The van der Waals surface area contributed by atoms with Crippen LogP contribution in [-0.4, -0.2) is 16.3 Å². The van der Waals surface area contributed by atoms with Crippen molar-refractivity contribution in [3.05, 3.63) is 66.2 Å². The first kappa shape index (κ1) is 13.2. The number of thioether (sulfide) groups is 1. The fourth-order valence-electron chi connectivity index (χ4n) is 1.99. The number of hydrogen-bond donors (Lipinski definition) is 0. The van der Waals surface area contributed by atoms with E-state index in [1.807, 2.05) is 60.7 Å². The second kappa shape index (κ2) is 6.11. The lowest BCUT2D eigenvalue weighted by Gasteiger charge is -2.38. The van der Waals surface area contributed by atoms with Gasteiger partial charge in [0.05, 0.1) is 6.42 Å². The summed E-state index contributed by atoms with van der Waals surface area (Å²) in [5, 5.41) is 1.57. The van der Waals surface area contributed by atoms with Crippen LogP contribution in [0.15, 0.2) is 65.6 Å². The van der Waals surface area contributed by atoms with Gasteiger partial charge in [0.1, 0.15) is 12.0 Å². The number of hydroxylamine groups is 2. The Morgan fingerprint density at radius 1 is 1.05 bits per heavy atom. The molecule has 0 bridgehead atoms. The van der Waals surface area contributed by atoms with Crippen molar-refractivity contribution in [1.82, 2.24) is 5.06 Å². The van der Waals surface area contributed by atoms with Crippen LogP contribution in [-0.2, 0) is 16.2 Å². The lowest BCUT2D eigenvalue weighted by molar-refractivity contribution is -0.218. The molecule has 1 aliphatic rings. The third-order valence-electron chi connectivity index (χ3n) is 3.09. The van der Waals surface area contributed by atoms with Crippen LogP contribution >= 0.6 is 11.8 Å². The van der Waals surface area contributed by atoms with Crippen molar-refractivity contribution in [2.45, 2.75) is 23.3 Å². The molecule has 1 unspecified atom stereocenters. The Bertz CT molecular complexity index is 574. The largest absolute Gasteiger partial charge is 0.272 e. The minimum absolute atomic E-state index is 0.0503. The van der Waals surface area contributed by atoms with Gasteiger partial charge < -0.3 is 0 Å². The van der Waals surface area contributed by atoms with Gasteiger partial charge in [-0.1, -0.05) is 60.3 Å². The zero-order valence-corrected chi connectivity index (χ0v) is 11.8. The molecule has 0 N–H and O–H groups in total. The molecular formula is C16H15NO2S. The number of carbonyl (C=O) groups is 1. The molecule has 102 valence electrons. The molecule has 0 spiro atoms. The smallest absolute Gasteiger partial charge is 0.250 e. The Labute approximate surface area is 122 Å². The highest BCUT2D eigenvalue weighted by Gasteiger charge is 2.38. The van der Waals surface area contributed by atoms with Gasteiger partial charge >= 0.3 is 0 Å². The summed E-state index contributed by atoms with van der Waals surface area (Å²) in [6.45, 7) is 0.429. The van der Waals surface area contributed by atoms with Crippen LogP contribution in [0, 0.1) is 0 Å². The van der Waals surface area contributed by atoms with Crippen molar-refractivity contribution < 1.29 is 9.63 Å². The minimum Gasteiger partial charge on any atom is -0.272 e. The summed E-state index contributed by atoms with van der Waals surface area (Å²) in [5.41, 5.74) is 1.07. The normalized spacial score (nSPS) is 17.9. The van der Waals surface area contributed by atoms with Gasteiger partial charge in [-0.05, 0) is 17.7 Å². The summed E-state index contributed by atoms with van der Waals surface area (Å²) in [6, 6.07) is 19.9. The topological polar surface area (TPSA) is 29.5 Å². The van der Waals surface area contributed by atoms with E-state index in [1.54, 1.807) is 11.8 Å². The predicted molar refractivity (Wildman–Crippen MR) is 78.8 cm³/mol. The van der Waals surface area contributed by atoms with Crippen molar-refractivity contribution >= 4 is 17.7 Å². The molecule has 0 saturated carbocycles. The van der Waals surface area contributed by atoms with Gasteiger partial charge in [-0.3, -0.25) is 9.63 Å². The molecule has 3 rings (SSSR count). The molecule has 0 aromatic heterocycles. The third-order valence-corrected chi connectivity index (χ3v) is 4.26. The van der Waals surface area contributed by atoms with E-state index in [9.17, 15) is 4.79 Å². The number of amides is 1. The SMILES string of the molecule is O=C1CC(Sc2ccccc2)N1OCc1ccccc1. The highest BCUT2D eigenvalue weighted by Crippen LogP contribution is 2.35. The number of nitrogens with zero attached hydrogens (tertiary/aromatic N) is 1. The van der Waals surface area contributed by atoms with Gasteiger partial charge in [0.2, 0.25) is 5.91 Å². The van der Waals surface area contributed by atoms with Gasteiger partial charge in [0.25, 0.3) is 0 Å². The van der Waals surface area contributed by atoms with Crippen LogP contribution in [0.25, 0.3) is 0 Å². The molecule has 1 saturated heterocycles. The Morgan fingerprint density at radius 3 is 2.35 bits per heavy atom. The van der Waals surface area contributed by atoms with E-state index in [-0.39, 0.29) is 11.3 Å². The number of β-lactam (4-membered cyclic amide) rings is 1. The van der Waals surface area contributed by atoms with Crippen LogP contribution in [0.5, 0.6) is 0 Å². The Balaban J connectivity index is 1.57. The lowest BCUT2D eigenvalue weighted by Crippen LogP contribution is -2.50. The molecule has 2 aromatic carbocycles. The van der Waals surface area contributed by atoms with Crippen LogP contribution in [0.1, 0.15) is 12.0 Å². The van der Waals surface area contributed by atoms with Crippen LogP contribution < -0.4 is 0 Å². The zero-order valence-electron chi connectivity index (χ0n) is 10.9. The minimum atomic E-state index is 0.0503. The summed E-state index contributed by atoms with van der Waals surface area (Å²) in [5.74, 6) is 0.0503. The van der Waals surface area contributed by atoms with Crippen LogP contribution in [0.3, 0.4) is 0 Å². The fourth-order valence-corrected chi connectivity index (χ4v) is 3.12. The maximum atomic E-state index is 11.6. The van der Waals surface area contributed by atoms with Crippen molar-refractivity contribution in [3.63, 3.8) is 0 Å². The van der Waals surface area contributed by atoms with Crippen LogP contribution in [0.4, 0.5) is 0 Å². The van der Waals surface area contributed by atoms with Crippen molar-refractivity contribution in [3.8, 4) is 0 Å². The van der Waals surface area contributed by atoms with Gasteiger partial charge in [-0.2, -0.15) is 0 Å². The van der Waals surface area contributed by atoms with Crippen molar-refractivity contribution in [2.75, 3.05) is 0 Å². The Hall–Kier alpha value is -1.78. The quantitative estimate of drug-likeness (QED) is 0.788. The van der Waals surface area contributed by atoms with E-state index < -0.39 is 0 Å². The maximum Gasteiger partial charge on any atom is 0.250 e. The summed E-state index contributed by atoms with van der Waals surface area (Å²) in [4.78, 5) is 18.4. The third kappa shape index (κ3) is 3.03. The second-order valence-electron chi connectivity index (χ2n) is 4.57. The molecule has 2 aromatic rings.